The van der Waals surface area contributed by atoms with Gasteiger partial charge >= 0.3 is 0 Å². The molecule has 9 aromatic rings. The van der Waals surface area contributed by atoms with Crippen molar-refractivity contribution in [1.29, 1.82) is 0 Å². The van der Waals surface area contributed by atoms with Gasteiger partial charge in [-0.25, -0.2) is 0 Å². The lowest BCUT2D eigenvalue weighted by molar-refractivity contribution is 1.30. The second-order valence-electron chi connectivity index (χ2n) is 12.1. The zero-order valence-electron chi connectivity index (χ0n) is 38.3. The maximum absolute atomic E-state index is 9.55. The van der Waals surface area contributed by atoms with Crippen molar-refractivity contribution in [2.45, 2.75) is 0 Å². The van der Waals surface area contributed by atoms with Crippen LogP contribution in [0.1, 0.15) is 15.1 Å². The molecule has 9 rings (SSSR count). The zero-order chi connectivity index (χ0) is 43.6. The zero-order valence-corrected chi connectivity index (χ0v) is 27.3. The number of nitrogens with zero attached hydrogens (tertiary/aromatic N) is 1. The summed E-state index contributed by atoms with van der Waals surface area (Å²) in [4.78, 5) is 1.68. The van der Waals surface area contributed by atoms with E-state index in [9.17, 15) is 5.48 Å². The molecule has 0 saturated carbocycles. The molecular weight excluding hydrogens is 615 g/mol. The summed E-state index contributed by atoms with van der Waals surface area (Å²) in [5.41, 5.74) is 6.43. The molecule has 0 aliphatic rings. The third-order valence-corrected chi connectivity index (χ3v) is 9.05. The van der Waals surface area contributed by atoms with Crippen LogP contribution in [0.5, 0.6) is 0 Å². The van der Waals surface area contributed by atoms with Gasteiger partial charge in [0, 0.05) is 16.8 Å². The van der Waals surface area contributed by atoms with Crippen LogP contribution in [0.3, 0.4) is 0 Å². The summed E-state index contributed by atoms with van der Waals surface area (Å²) in [7, 11) is 0. The van der Waals surface area contributed by atoms with Crippen LogP contribution in [0.4, 0.5) is 17.1 Å². The summed E-state index contributed by atoms with van der Waals surface area (Å²) < 4.78 is 98.0. The van der Waals surface area contributed by atoms with Crippen molar-refractivity contribution in [2.24, 2.45) is 0 Å². The van der Waals surface area contributed by atoms with Gasteiger partial charge in [-0.05, 0) is 97.0 Å². The topological polar surface area (TPSA) is 3.24 Å². The van der Waals surface area contributed by atoms with Gasteiger partial charge in [0.05, 0.1) is 20.8 Å². The summed E-state index contributed by atoms with van der Waals surface area (Å²) >= 11 is 0. The van der Waals surface area contributed by atoms with E-state index in [1.165, 1.54) is 0 Å². The highest BCUT2D eigenvalue weighted by Crippen LogP contribution is 2.41. The van der Waals surface area contributed by atoms with Crippen molar-refractivity contribution in [3.8, 4) is 44.5 Å². The number of anilines is 3. The van der Waals surface area contributed by atoms with E-state index in [4.69, 9.17) is 9.60 Å². The first-order valence-corrected chi connectivity index (χ1v) is 16.6. The SMILES string of the molecule is [2H]c1c([2H])c(N(c2ccc(-c3ccc(-c4ccccc4)c(-c4ccccc4)c3)cc2)c2cccc3ccccc23)c([2H])c([2H])c1-c1c([2H])c([2H])c([2H])c2c([2H])c([2H])c([2H])c([2H])c12. The molecule has 0 saturated heterocycles. The van der Waals surface area contributed by atoms with Gasteiger partial charge in [0.2, 0.25) is 0 Å². The van der Waals surface area contributed by atoms with E-state index < -0.39 is 72.0 Å². The standard InChI is InChI=1S/C50H35N/c1-3-13-37(14-4-1)47-34-29-42(35-49(47)40-15-5-2-6-16-40)36-25-30-43(31-26-36)51(50-24-12-20-39-18-8-10-22-48(39)50)44-32-27-41(28-33-44)46-23-11-19-38-17-7-9-21-45(38)46/h1-35H/i7D,9D,11D,17D,19D,21D,23D,27D,28D,32D,33D. The molecule has 0 radical (unpaired) electrons. The van der Waals surface area contributed by atoms with Crippen LogP contribution in [0.15, 0.2) is 212 Å². The van der Waals surface area contributed by atoms with Gasteiger partial charge < -0.3 is 4.90 Å². The maximum Gasteiger partial charge on any atom is 0.0645 e. The van der Waals surface area contributed by atoms with Crippen molar-refractivity contribution >= 4 is 38.6 Å². The van der Waals surface area contributed by atoms with Gasteiger partial charge in [-0.15, -0.1) is 0 Å². The number of benzene rings is 9. The predicted octanol–water partition coefficient (Wildman–Crippen LogP) is 14.1. The molecule has 0 N–H and O–H groups in total. The van der Waals surface area contributed by atoms with Gasteiger partial charge in [-0.1, -0.05) is 176 Å². The van der Waals surface area contributed by atoms with Gasteiger partial charge in [0.25, 0.3) is 0 Å². The molecule has 0 spiro atoms. The molecule has 0 unspecified atom stereocenters. The Labute approximate surface area is 314 Å². The maximum atomic E-state index is 9.55. The monoisotopic (exact) mass is 660 g/mol. The molecule has 0 aliphatic heterocycles. The molecule has 0 aromatic heterocycles. The first kappa shape index (κ1) is 20.7. The molecule has 240 valence electrons. The van der Waals surface area contributed by atoms with Gasteiger partial charge in [0.15, 0.2) is 0 Å². The highest BCUT2D eigenvalue weighted by atomic mass is 15.1. The Bertz CT molecular complexity index is 3200. The van der Waals surface area contributed by atoms with E-state index >= 15 is 0 Å². The molecule has 0 aliphatic carbocycles. The van der Waals surface area contributed by atoms with Crippen LogP contribution in [0.2, 0.25) is 0 Å². The lowest BCUT2D eigenvalue weighted by Gasteiger charge is -2.27. The number of hydrogen-bond donors (Lipinski definition) is 0. The largest absolute Gasteiger partial charge is 0.310 e. The van der Waals surface area contributed by atoms with Crippen LogP contribution in [0, 0.1) is 0 Å². The number of hydrogen-bond acceptors (Lipinski definition) is 1. The van der Waals surface area contributed by atoms with Crippen molar-refractivity contribution in [1.82, 2.24) is 0 Å². The Morgan fingerprint density at radius 3 is 1.76 bits per heavy atom. The molecule has 9 aromatic carbocycles. The molecular formula is C50H35N. The predicted molar refractivity (Wildman–Crippen MR) is 218 cm³/mol. The number of rotatable bonds is 7. The minimum atomic E-state index is -0.665. The third-order valence-electron chi connectivity index (χ3n) is 9.05. The van der Waals surface area contributed by atoms with Gasteiger partial charge in [-0.2, -0.15) is 0 Å². The molecule has 0 fully saturated rings. The average molecular weight is 661 g/mol. The van der Waals surface area contributed by atoms with Gasteiger partial charge in [0.1, 0.15) is 0 Å². The van der Waals surface area contributed by atoms with Gasteiger partial charge in [-0.3, -0.25) is 0 Å². The summed E-state index contributed by atoms with van der Waals surface area (Å²) in [6, 6.07) is 41.2. The second kappa shape index (κ2) is 13.3. The Morgan fingerprint density at radius 1 is 0.333 bits per heavy atom. The minimum absolute atomic E-state index is 0.0904. The highest BCUT2D eigenvalue weighted by molar-refractivity contribution is 6.00. The van der Waals surface area contributed by atoms with Crippen molar-refractivity contribution in [3.63, 3.8) is 0 Å². The normalized spacial score (nSPS) is 14.2. The van der Waals surface area contributed by atoms with E-state index in [0.29, 0.717) is 11.4 Å². The quantitative estimate of drug-likeness (QED) is 0.164. The Kier molecular flexibility index (Phi) is 5.41. The van der Waals surface area contributed by atoms with E-state index in [1.807, 2.05) is 103 Å². The summed E-state index contributed by atoms with van der Waals surface area (Å²) in [5.74, 6) is 0. The smallest absolute Gasteiger partial charge is 0.0645 e. The lowest BCUT2D eigenvalue weighted by atomic mass is 9.91. The molecule has 0 heterocycles. The van der Waals surface area contributed by atoms with Crippen LogP contribution < -0.4 is 4.90 Å². The van der Waals surface area contributed by atoms with Crippen LogP contribution in [-0.2, 0) is 0 Å². The van der Waals surface area contributed by atoms with Crippen LogP contribution in [0.25, 0.3) is 66.1 Å². The Balaban J connectivity index is 1.25. The fourth-order valence-corrected chi connectivity index (χ4v) is 6.59. The molecule has 51 heavy (non-hydrogen) atoms. The van der Waals surface area contributed by atoms with Crippen LogP contribution >= 0.6 is 0 Å². The summed E-state index contributed by atoms with van der Waals surface area (Å²) in [5, 5.41) is 1.01. The minimum Gasteiger partial charge on any atom is -0.310 e. The molecule has 1 nitrogen and oxygen atoms in total. The van der Waals surface area contributed by atoms with Crippen molar-refractivity contribution < 1.29 is 15.1 Å². The van der Waals surface area contributed by atoms with E-state index in [2.05, 4.69) is 42.5 Å². The van der Waals surface area contributed by atoms with E-state index in [0.717, 1.165) is 44.2 Å². The molecule has 1 heteroatoms. The van der Waals surface area contributed by atoms with Crippen LogP contribution in [-0.4, -0.2) is 0 Å². The summed E-state index contributed by atoms with van der Waals surface area (Å²) in [6.45, 7) is 0. The molecule has 0 amide bonds. The molecule has 0 bridgehead atoms. The third kappa shape index (κ3) is 5.86. The fourth-order valence-electron chi connectivity index (χ4n) is 6.59. The van der Waals surface area contributed by atoms with Crippen molar-refractivity contribution in [2.75, 3.05) is 4.90 Å². The summed E-state index contributed by atoms with van der Waals surface area (Å²) in [6.07, 6.45) is 0. The highest BCUT2D eigenvalue weighted by Gasteiger charge is 2.17. The fraction of sp³-hybridized carbons (Fsp3) is 0. The Morgan fingerprint density at radius 2 is 0.980 bits per heavy atom. The number of fused-ring (bicyclic) bond motifs is 2. The van der Waals surface area contributed by atoms with E-state index in [1.54, 1.807) is 4.90 Å². The Hall–Kier alpha value is -6.70. The lowest BCUT2D eigenvalue weighted by Crippen LogP contribution is -2.10. The first-order valence-electron chi connectivity index (χ1n) is 22.1. The van der Waals surface area contributed by atoms with E-state index in [-0.39, 0.29) is 22.0 Å². The second-order valence-corrected chi connectivity index (χ2v) is 12.1. The first-order chi connectivity index (χ1) is 29.9. The average Bonchev–Trinajstić information content (AvgIpc) is 3.31. The van der Waals surface area contributed by atoms with Crippen molar-refractivity contribution in [3.05, 3.63) is 212 Å². The molecule has 0 atom stereocenters.